The molecule has 7 heteroatoms. The summed E-state index contributed by atoms with van der Waals surface area (Å²) in [6.07, 6.45) is 4.35. The molecule has 2 heterocycles. The molecule has 2 aromatic carbocycles. The second-order valence-electron chi connectivity index (χ2n) is 12.1. The molecule has 1 aromatic heterocycles. The largest absolute Gasteiger partial charge is 0.476 e. The van der Waals surface area contributed by atoms with Crippen LogP contribution in [0, 0.1) is 13.8 Å². The molecule has 1 saturated heterocycles. The summed E-state index contributed by atoms with van der Waals surface area (Å²) >= 11 is 0. The quantitative estimate of drug-likeness (QED) is 0.215. The lowest BCUT2D eigenvalue weighted by Gasteiger charge is -2.31. The lowest BCUT2D eigenvalue weighted by atomic mass is 10.0. The molecule has 0 radical (unpaired) electrons. The predicted octanol–water partition coefficient (Wildman–Crippen LogP) is 6.21. The normalized spacial score (nSPS) is 15.1. The number of aryl methyl sites for hydroxylation is 2. The molecule has 0 atom stereocenters. The number of benzene rings is 2. The summed E-state index contributed by atoms with van der Waals surface area (Å²) in [5.41, 5.74) is 2.15. The fraction of sp³-hybridized carbons (Fsp3) is 0.424. The third-order valence-electron chi connectivity index (χ3n) is 6.89. The van der Waals surface area contributed by atoms with E-state index in [2.05, 4.69) is 4.90 Å². The SMILES string of the molecule is Cc1cc(/C=C/C(=O)c2cc3ccccc3nc2N2CCC(O)CC2)cc(C)c1OC(C)(C)C(=O)OC(C)(C)C. The lowest BCUT2D eigenvalue weighted by molar-refractivity contribution is -0.171. The number of carbonyl (C=O) groups excluding carboxylic acids is 2. The van der Waals surface area contributed by atoms with Crippen molar-refractivity contribution in [3.63, 3.8) is 0 Å². The van der Waals surface area contributed by atoms with Gasteiger partial charge in [0.25, 0.3) is 0 Å². The molecule has 0 saturated carbocycles. The minimum absolute atomic E-state index is 0.138. The molecule has 1 fully saturated rings. The number of nitrogens with zero attached hydrogens (tertiary/aromatic N) is 2. The van der Waals surface area contributed by atoms with Gasteiger partial charge >= 0.3 is 5.97 Å². The van der Waals surface area contributed by atoms with E-state index in [0.29, 0.717) is 43.1 Å². The Labute approximate surface area is 236 Å². The zero-order valence-electron chi connectivity index (χ0n) is 24.6. The first-order valence-electron chi connectivity index (χ1n) is 13.8. The Hall–Kier alpha value is -3.71. The van der Waals surface area contributed by atoms with Gasteiger partial charge in [0.15, 0.2) is 11.4 Å². The van der Waals surface area contributed by atoms with Gasteiger partial charge < -0.3 is 19.5 Å². The summed E-state index contributed by atoms with van der Waals surface area (Å²) < 4.78 is 11.7. The van der Waals surface area contributed by atoms with E-state index in [0.717, 1.165) is 27.6 Å². The van der Waals surface area contributed by atoms with Crippen molar-refractivity contribution in [2.45, 2.75) is 78.6 Å². The highest BCUT2D eigenvalue weighted by atomic mass is 16.6. The van der Waals surface area contributed by atoms with Crippen LogP contribution in [0.15, 0.2) is 48.5 Å². The molecule has 0 bridgehead atoms. The molecule has 0 amide bonds. The first-order chi connectivity index (χ1) is 18.7. The maximum absolute atomic E-state index is 13.5. The molecular formula is C33H40N2O5. The van der Waals surface area contributed by atoms with Crippen molar-refractivity contribution in [1.29, 1.82) is 0 Å². The van der Waals surface area contributed by atoms with Crippen LogP contribution in [0.3, 0.4) is 0 Å². The Bertz CT molecular complexity index is 1420. The molecule has 1 N–H and O–H groups in total. The number of allylic oxidation sites excluding steroid dienone is 1. The molecule has 0 unspecified atom stereocenters. The number of hydrogen-bond acceptors (Lipinski definition) is 7. The second-order valence-corrected chi connectivity index (χ2v) is 12.1. The predicted molar refractivity (Wildman–Crippen MR) is 159 cm³/mol. The van der Waals surface area contributed by atoms with E-state index in [1.165, 1.54) is 0 Å². The number of rotatable bonds is 7. The van der Waals surface area contributed by atoms with Crippen molar-refractivity contribution in [1.82, 2.24) is 4.98 Å². The Morgan fingerprint density at radius 1 is 1.00 bits per heavy atom. The smallest absolute Gasteiger partial charge is 0.350 e. The minimum atomic E-state index is -1.17. The van der Waals surface area contributed by atoms with Gasteiger partial charge in [0, 0.05) is 18.5 Å². The molecule has 0 spiro atoms. The Balaban J connectivity index is 1.59. The molecule has 1 aliphatic rings. The van der Waals surface area contributed by atoms with Gasteiger partial charge in [-0.15, -0.1) is 0 Å². The first kappa shape index (κ1) is 29.3. The Kier molecular flexibility index (Phi) is 8.36. The van der Waals surface area contributed by atoms with E-state index in [4.69, 9.17) is 14.5 Å². The molecule has 212 valence electrons. The van der Waals surface area contributed by atoms with Crippen molar-refractivity contribution in [2.75, 3.05) is 18.0 Å². The number of ketones is 1. The van der Waals surface area contributed by atoms with Gasteiger partial charge in [0.05, 0.1) is 17.2 Å². The zero-order valence-corrected chi connectivity index (χ0v) is 24.6. The average Bonchev–Trinajstić information content (AvgIpc) is 2.88. The molecule has 4 rings (SSSR count). The summed E-state index contributed by atoms with van der Waals surface area (Å²) in [7, 11) is 0. The van der Waals surface area contributed by atoms with Crippen LogP contribution >= 0.6 is 0 Å². The van der Waals surface area contributed by atoms with E-state index in [-0.39, 0.29) is 11.9 Å². The van der Waals surface area contributed by atoms with Crippen molar-refractivity contribution in [2.24, 2.45) is 0 Å². The number of fused-ring (bicyclic) bond motifs is 1. The number of piperidine rings is 1. The van der Waals surface area contributed by atoms with E-state index in [1.807, 2.05) is 77.1 Å². The van der Waals surface area contributed by atoms with Gasteiger partial charge in [-0.3, -0.25) is 4.79 Å². The highest BCUT2D eigenvalue weighted by Crippen LogP contribution is 2.31. The Morgan fingerprint density at radius 3 is 2.25 bits per heavy atom. The average molecular weight is 545 g/mol. The number of ether oxygens (including phenoxy) is 2. The van der Waals surface area contributed by atoms with Gasteiger partial charge in [-0.05, 0) is 108 Å². The summed E-state index contributed by atoms with van der Waals surface area (Å²) in [5, 5.41) is 10.9. The number of pyridine rings is 1. The van der Waals surface area contributed by atoms with Gasteiger partial charge in [0.1, 0.15) is 17.2 Å². The summed E-state index contributed by atoms with van der Waals surface area (Å²) in [6, 6.07) is 13.5. The van der Waals surface area contributed by atoms with Crippen molar-refractivity contribution < 1.29 is 24.2 Å². The van der Waals surface area contributed by atoms with E-state index in [1.54, 1.807) is 26.0 Å². The van der Waals surface area contributed by atoms with E-state index in [9.17, 15) is 14.7 Å². The highest BCUT2D eigenvalue weighted by Gasteiger charge is 2.35. The van der Waals surface area contributed by atoms with Crippen molar-refractivity contribution in [3.8, 4) is 5.75 Å². The molecule has 3 aromatic rings. The Morgan fingerprint density at radius 2 is 1.62 bits per heavy atom. The number of aliphatic hydroxyl groups excluding tert-OH is 1. The maximum Gasteiger partial charge on any atom is 0.350 e. The van der Waals surface area contributed by atoms with Gasteiger partial charge in [0.2, 0.25) is 0 Å². The standard InChI is InChI=1S/C33H40N2O5/c1-21-18-23(19-22(2)29(21)39-33(6,7)31(38)40-32(3,4)5)12-13-28(37)26-20-24-10-8-9-11-27(24)34-30(26)35-16-14-25(36)15-17-35/h8-13,18-20,25,36H,14-17H2,1-7H3/b13-12+. The van der Waals surface area contributed by atoms with Crippen LogP contribution in [-0.2, 0) is 9.53 Å². The topological polar surface area (TPSA) is 89.0 Å². The number of esters is 1. The number of aromatic nitrogens is 1. The van der Waals surface area contributed by atoms with Crippen LogP contribution < -0.4 is 9.64 Å². The van der Waals surface area contributed by atoms with Crippen molar-refractivity contribution in [3.05, 3.63) is 70.8 Å². The number of para-hydroxylation sites is 1. The first-order valence-corrected chi connectivity index (χ1v) is 13.8. The third kappa shape index (κ3) is 6.89. The summed E-state index contributed by atoms with van der Waals surface area (Å²) in [5.74, 6) is 0.700. The van der Waals surface area contributed by atoms with Gasteiger partial charge in [-0.25, -0.2) is 9.78 Å². The fourth-order valence-electron chi connectivity index (χ4n) is 4.81. The number of anilines is 1. The molecule has 1 aliphatic heterocycles. The molecule has 0 aliphatic carbocycles. The molecule has 7 nitrogen and oxygen atoms in total. The van der Waals surface area contributed by atoms with Gasteiger partial charge in [-0.2, -0.15) is 0 Å². The van der Waals surface area contributed by atoms with Crippen LogP contribution in [0.25, 0.3) is 17.0 Å². The zero-order chi connectivity index (χ0) is 29.2. The third-order valence-corrected chi connectivity index (χ3v) is 6.89. The second kappa shape index (κ2) is 11.4. The van der Waals surface area contributed by atoms with Crippen LogP contribution in [0.5, 0.6) is 5.75 Å². The number of carbonyl (C=O) groups is 2. The highest BCUT2D eigenvalue weighted by molar-refractivity contribution is 6.11. The molecule has 40 heavy (non-hydrogen) atoms. The van der Waals surface area contributed by atoms with Crippen LogP contribution in [0.1, 0.15) is 74.5 Å². The molecular weight excluding hydrogens is 504 g/mol. The lowest BCUT2D eigenvalue weighted by Crippen LogP contribution is -2.43. The minimum Gasteiger partial charge on any atom is -0.476 e. The maximum atomic E-state index is 13.5. The van der Waals surface area contributed by atoms with E-state index >= 15 is 0 Å². The van der Waals surface area contributed by atoms with E-state index < -0.39 is 17.2 Å². The fourth-order valence-corrected chi connectivity index (χ4v) is 4.81. The summed E-state index contributed by atoms with van der Waals surface area (Å²) in [4.78, 5) is 33.2. The van der Waals surface area contributed by atoms with Crippen LogP contribution in [-0.4, -0.2) is 52.2 Å². The monoisotopic (exact) mass is 544 g/mol. The summed E-state index contributed by atoms with van der Waals surface area (Å²) in [6.45, 7) is 14.0. The number of aliphatic hydroxyl groups is 1. The number of hydrogen-bond donors (Lipinski definition) is 1. The van der Waals surface area contributed by atoms with Crippen LogP contribution in [0.4, 0.5) is 5.82 Å². The van der Waals surface area contributed by atoms with Gasteiger partial charge in [-0.1, -0.05) is 24.3 Å². The van der Waals surface area contributed by atoms with Crippen molar-refractivity contribution >= 4 is 34.5 Å². The van der Waals surface area contributed by atoms with Crippen LogP contribution in [0.2, 0.25) is 0 Å².